The molecule has 1 aliphatic carbocycles. The van der Waals surface area contributed by atoms with E-state index in [1.807, 2.05) is 53.1 Å². The fourth-order valence-electron chi connectivity index (χ4n) is 2.49. The van der Waals surface area contributed by atoms with Gasteiger partial charge >= 0.3 is 0 Å². The monoisotopic (exact) mass is 311 g/mol. The predicted octanol–water partition coefficient (Wildman–Crippen LogP) is 4.00. The van der Waals surface area contributed by atoms with Gasteiger partial charge in [-0.05, 0) is 37.1 Å². The summed E-state index contributed by atoms with van der Waals surface area (Å²) in [7, 11) is 0. The van der Waals surface area contributed by atoms with E-state index in [2.05, 4.69) is 10.3 Å². The molecule has 3 aromatic rings. The number of anilines is 1. The van der Waals surface area contributed by atoms with Gasteiger partial charge in [0.25, 0.3) is 0 Å². The Labute approximate surface area is 132 Å². The molecule has 0 atom stereocenters. The van der Waals surface area contributed by atoms with Gasteiger partial charge in [-0.15, -0.1) is 0 Å². The van der Waals surface area contributed by atoms with Gasteiger partial charge in [0.15, 0.2) is 0 Å². The Morgan fingerprint density at radius 3 is 2.68 bits per heavy atom. The maximum atomic E-state index is 12.2. The summed E-state index contributed by atoms with van der Waals surface area (Å²) in [5.74, 6) is 0.933. The van der Waals surface area contributed by atoms with E-state index in [1.165, 1.54) is 0 Å². The second kappa shape index (κ2) is 5.14. The van der Waals surface area contributed by atoms with Crippen LogP contribution in [0.15, 0.2) is 48.7 Å². The molecular formula is C17H14ClN3O. The van der Waals surface area contributed by atoms with Gasteiger partial charge in [-0.3, -0.25) is 9.20 Å². The van der Waals surface area contributed by atoms with Crippen LogP contribution in [0.25, 0.3) is 16.9 Å². The number of aromatic nitrogens is 2. The van der Waals surface area contributed by atoms with Crippen LogP contribution in [0.1, 0.15) is 12.8 Å². The molecule has 1 N–H and O–H groups in total. The van der Waals surface area contributed by atoms with E-state index in [1.54, 1.807) is 0 Å². The van der Waals surface area contributed by atoms with Crippen molar-refractivity contribution in [2.24, 2.45) is 5.92 Å². The number of imidazole rings is 1. The SMILES string of the molecule is O=C(Nc1c(-c2ccc(Cl)cc2)nc2ccccn12)C1CC1. The maximum absolute atomic E-state index is 12.2. The standard InChI is InChI=1S/C17H14ClN3O/c18-13-8-6-11(7-9-13)15-16(20-17(22)12-4-5-12)21-10-2-1-3-14(21)19-15/h1-3,6-10,12H,4-5H2,(H,20,22). The van der Waals surface area contributed by atoms with Crippen LogP contribution in [0, 0.1) is 5.92 Å². The maximum Gasteiger partial charge on any atom is 0.228 e. The van der Waals surface area contributed by atoms with Gasteiger partial charge in [0, 0.05) is 22.7 Å². The minimum Gasteiger partial charge on any atom is -0.310 e. The third-order valence-corrected chi connectivity index (χ3v) is 4.09. The molecule has 4 rings (SSSR count). The van der Waals surface area contributed by atoms with Crippen molar-refractivity contribution < 1.29 is 4.79 Å². The quantitative estimate of drug-likeness (QED) is 0.794. The summed E-state index contributed by atoms with van der Waals surface area (Å²) >= 11 is 5.96. The van der Waals surface area contributed by atoms with Crippen LogP contribution >= 0.6 is 11.6 Å². The number of carbonyl (C=O) groups is 1. The molecule has 2 aromatic heterocycles. The Kier molecular flexibility index (Phi) is 3.12. The zero-order chi connectivity index (χ0) is 15.1. The lowest BCUT2D eigenvalue weighted by Gasteiger charge is -2.07. The summed E-state index contributed by atoms with van der Waals surface area (Å²) in [6, 6.07) is 13.3. The molecule has 2 heterocycles. The van der Waals surface area contributed by atoms with Crippen LogP contribution in [0.2, 0.25) is 5.02 Å². The number of rotatable bonds is 3. The highest BCUT2D eigenvalue weighted by atomic mass is 35.5. The van der Waals surface area contributed by atoms with Gasteiger partial charge in [-0.1, -0.05) is 29.8 Å². The van der Waals surface area contributed by atoms with Crippen molar-refractivity contribution in [1.29, 1.82) is 0 Å². The number of fused-ring (bicyclic) bond motifs is 1. The zero-order valence-corrected chi connectivity index (χ0v) is 12.5. The number of benzene rings is 1. The van der Waals surface area contributed by atoms with Gasteiger partial charge in [-0.2, -0.15) is 0 Å². The molecule has 5 heteroatoms. The Morgan fingerprint density at radius 1 is 1.18 bits per heavy atom. The number of halogens is 1. The van der Waals surface area contributed by atoms with Crippen molar-refractivity contribution in [2.75, 3.05) is 5.32 Å². The number of pyridine rings is 1. The van der Waals surface area contributed by atoms with Gasteiger partial charge in [0.05, 0.1) is 0 Å². The van der Waals surface area contributed by atoms with E-state index in [0.29, 0.717) is 5.02 Å². The van der Waals surface area contributed by atoms with E-state index in [4.69, 9.17) is 11.6 Å². The van der Waals surface area contributed by atoms with E-state index >= 15 is 0 Å². The number of amides is 1. The number of nitrogens with zero attached hydrogens (tertiary/aromatic N) is 2. The van der Waals surface area contributed by atoms with E-state index in [9.17, 15) is 4.79 Å². The predicted molar refractivity (Wildman–Crippen MR) is 87.0 cm³/mol. The van der Waals surface area contributed by atoms with Crippen molar-refractivity contribution in [3.63, 3.8) is 0 Å². The Balaban J connectivity index is 1.84. The zero-order valence-electron chi connectivity index (χ0n) is 11.8. The summed E-state index contributed by atoms with van der Waals surface area (Å²) in [5.41, 5.74) is 2.50. The Hall–Kier alpha value is -2.33. The third-order valence-electron chi connectivity index (χ3n) is 3.84. The fourth-order valence-corrected chi connectivity index (χ4v) is 2.61. The lowest BCUT2D eigenvalue weighted by atomic mass is 10.1. The second-order valence-corrected chi connectivity index (χ2v) is 5.94. The Bertz CT molecular complexity index is 850. The van der Waals surface area contributed by atoms with Crippen molar-refractivity contribution in [3.05, 3.63) is 53.7 Å². The van der Waals surface area contributed by atoms with Crippen LogP contribution in [-0.2, 0) is 4.79 Å². The highest BCUT2D eigenvalue weighted by molar-refractivity contribution is 6.30. The van der Waals surface area contributed by atoms with E-state index in [-0.39, 0.29) is 11.8 Å². The molecular weight excluding hydrogens is 298 g/mol. The number of hydrogen-bond acceptors (Lipinski definition) is 2. The summed E-state index contributed by atoms with van der Waals surface area (Å²) in [6.45, 7) is 0. The summed E-state index contributed by atoms with van der Waals surface area (Å²) in [4.78, 5) is 16.8. The molecule has 0 spiro atoms. The van der Waals surface area contributed by atoms with Gasteiger partial charge in [-0.25, -0.2) is 4.98 Å². The fraction of sp³-hybridized carbons (Fsp3) is 0.176. The summed E-state index contributed by atoms with van der Waals surface area (Å²) < 4.78 is 1.91. The molecule has 22 heavy (non-hydrogen) atoms. The largest absolute Gasteiger partial charge is 0.310 e. The van der Waals surface area contributed by atoms with Crippen molar-refractivity contribution in [1.82, 2.24) is 9.38 Å². The highest BCUT2D eigenvalue weighted by Gasteiger charge is 2.31. The lowest BCUT2D eigenvalue weighted by Crippen LogP contribution is -2.15. The normalized spacial score (nSPS) is 14.2. The summed E-state index contributed by atoms with van der Waals surface area (Å²) in [6.07, 6.45) is 3.85. The second-order valence-electron chi connectivity index (χ2n) is 5.51. The molecule has 1 aliphatic rings. The first-order valence-corrected chi connectivity index (χ1v) is 7.64. The molecule has 0 radical (unpaired) electrons. The Morgan fingerprint density at radius 2 is 1.95 bits per heavy atom. The first-order chi connectivity index (χ1) is 10.7. The van der Waals surface area contributed by atoms with Crippen LogP contribution < -0.4 is 5.32 Å². The van der Waals surface area contributed by atoms with Crippen LogP contribution in [-0.4, -0.2) is 15.3 Å². The van der Waals surface area contributed by atoms with E-state index in [0.717, 1.165) is 35.6 Å². The minimum absolute atomic E-state index is 0.0702. The van der Waals surface area contributed by atoms with Crippen LogP contribution in [0.5, 0.6) is 0 Å². The lowest BCUT2D eigenvalue weighted by molar-refractivity contribution is -0.117. The molecule has 0 bridgehead atoms. The topological polar surface area (TPSA) is 46.4 Å². The van der Waals surface area contributed by atoms with Crippen molar-refractivity contribution >= 4 is 29.0 Å². The number of carbonyl (C=O) groups excluding carboxylic acids is 1. The first kappa shape index (κ1) is 13.3. The third kappa shape index (κ3) is 2.35. The van der Waals surface area contributed by atoms with Gasteiger partial charge in [0.1, 0.15) is 17.2 Å². The minimum atomic E-state index is 0.0702. The molecule has 1 saturated carbocycles. The first-order valence-electron chi connectivity index (χ1n) is 7.26. The van der Waals surface area contributed by atoms with E-state index < -0.39 is 0 Å². The molecule has 110 valence electrons. The average molecular weight is 312 g/mol. The number of nitrogens with one attached hydrogen (secondary N) is 1. The number of hydrogen-bond donors (Lipinski definition) is 1. The van der Waals surface area contributed by atoms with Crippen molar-refractivity contribution in [3.8, 4) is 11.3 Å². The molecule has 1 fully saturated rings. The van der Waals surface area contributed by atoms with Crippen molar-refractivity contribution in [2.45, 2.75) is 12.8 Å². The van der Waals surface area contributed by atoms with Gasteiger partial charge < -0.3 is 5.32 Å². The summed E-state index contributed by atoms with van der Waals surface area (Å²) in [5, 5.41) is 3.71. The molecule has 0 saturated heterocycles. The molecule has 0 unspecified atom stereocenters. The average Bonchev–Trinajstić information content (AvgIpc) is 3.32. The van der Waals surface area contributed by atoms with Gasteiger partial charge in [0.2, 0.25) is 5.91 Å². The highest BCUT2D eigenvalue weighted by Crippen LogP contribution is 2.33. The smallest absolute Gasteiger partial charge is 0.228 e. The molecule has 1 aromatic carbocycles. The van der Waals surface area contributed by atoms with Crippen LogP contribution in [0.4, 0.5) is 5.82 Å². The van der Waals surface area contributed by atoms with Crippen LogP contribution in [0.3, 0.4) is 0 Å². The molecule has 4 nitrogen and oxygen atoms in total. The molecule has 1 amide bonds. The molecule has 0 aliphatic heterocycles.